The van der Waals surface area contributed by atoms with Crippen LogP contribution in [-0.2, 0) is 14.4 Å². The van der Waals surface area contributed by atoms with E-state index in [1.807, 2.05) is 45.4 Å². The van der Waals surface area contributed by atoms with Crippen molar-refractivity contribution in [3.8, 4) is 0 Å². The van der Waals surface area contributed by atoms with Gasteiger partial charge in [-0.15, -0.1) is 0 Å². The third kappa shape index (κ3) is 5.25. The first-order valence-corrected chi connectivity index (χ1v) is 12.7. The van der Waals surface area contributed by atoms with Gasteiger partial charge in [0.2, 0.25) is 11.8 Å². The average Bonchev–Trinajstić information content (AvgIpc) is 3.46. The summed E-state index contributed by atoms with van der Waals surface area (Å²) in [7, 11) is 0. The van der Waals surface area contributed by atoms with Crippen molar-refractivity contribution in [3.63, 3.8) is 0 Å². The summed E-state index contributed by atoms with van der Waals surface area (Å²) in [5.74, 6) is -1.13. The van der Waals surface area contributed by atoms with E-state index in [0.29, 0.717) is 32.0 Å². The van der Waals surface area contributed by atoms with Gasteiger partial charge in [0, 0.05) is 36.8 Å². The van der Waals surface area contributed by atoms with Crippen molar-refractivity contribution in [1.82, 2.24) is 31.5 Å². The fourth-order valence-electron chi connectivity index (χ4n) is 6.06. The molecule has 10 nitrogen and oxygen atoms in total. The van der Waals surface area contributed by atoms with Crippen molar-refractivity contribution in [2.24, 2.45) is 5.92 Å². The van der Waals surface area contributed by atoms with Crippen LogP contribution in [0, 0.1) is 5.92 Å². The third-order valence-electron chi connectivity index (χ3n) is 8.02. The number of para-hydroxylation sites is 1. The maximum Gasteiger partial charge on any atom is 0.405 e. The maximum atomic E-state index is 13.7. The smallest absolute Gasteiger partial charge is 0.345 e. The number of carbonyl (C=O) groups is 3. The SMILES string of the molecule is O=C(CN1CN(c2ccccc2)C2(CCN(C(=O)C3CCC4NNNC4C3)CC2)C1=O)NCC(F)(F)F. The molecule has 1 saturated carbocycles. The molecular weight excluding hydrogens is 491 g/mol. The number of hydrazine groups is 2. The predicted octanol–water partition coefficient (Wildman–Crippen LogP) is 0.482. The minimum Gasteiger partial charge on any atom is -0.345 e. The number of amides is 3. The van der Waals surface area contributed by atoms with Crippen molar-refractivity contribution < 1.29 is 27.6 Å². The van der Waals surface area contributed by atoms with Crippen LogP contribution < -0.4 is 26.6 Å². The first kappa shape index (κ1) is 25.7. The molecule has 0 bridgehead atoms. The Kier molecular flexibility index (Phi) is 7.03. The summed E-state index contributed by atoms with van der Waals surface area (Å²) in [5.41, 5.74) is 9.11. The number of nitrogens with zero attached hydrogens (tertiary/aromatic N) is 3. The number of benzene rings is 1. The lowest BCUT2D eigenvalue weighted by atomic mass is 9.81. The predicted molar refractivity (Wildman–Crippen MR) is 127 cm³/mol. The monoisotopic (exact) mass is 523 g/mol. The van der Waals surface area contributed by atoms with E-state index in [9.17, 15) is 27.6 Å². The zero-order valence-corrected chi connectivity index (χ0v) is 20.4. The van der Waals surface area contributed by atoms with E-state index < -0.39 is 30.7 Å². The van der Waals surface area contributed by atoms with Gasteiger partial charge in [-0.05, 0) is 44.2 Å². The van der Waals surface area contributed by atoms with Gasteiger partial charge >= 0.3 is 6.18 Å². The first-order valence-electron chi connectivity index (χ1n) is 12.7. The second kappa shape index (κ2) is 10.1. The highest BCUT2D eigenvalue weighted by Crippen LogP contribution is 2.40. The Morgan fingerprint density at radius 1 is 1.05 bits per heavy atom. The van der Waals surface area contributed by atoms with Crippen molar-refractivity contribution in [1.29, 1.82) is 0 Å². The van der Waals surface area contributed by atoms with Crippen LogP contribution in [0.15, 0.2) is 30.3 Å². The molecule has 1 aromatic carbocycles. The Morgan fingerprint density at radius 3 is 2.46 bits per heavy atom. The molecule has 3 unspecified atom stereocenters. The molecule has 0 radical (unpaired) electrons. The molecule has 3 atom stereocenters. The molecule has 0 aromatic heterocycles. The van der Waals surface area contributed by atoms with Gasteiger partial charge in [-0.2, -0.15) is 18.7 Å². The lowest BCUT2D eigenvalue weighted by molar-refractivity contribution is -0.144. The van der Waals surface area contributed by atoms with Crippen LogP contribution in [0.3, 0.4) is 0 Å². The zero-order valence-electron chi connectivity index (χ0n) is 20.4. The van der Waals surface area contributed by atoms with Crippen molar-refractivity contribution >= 4 is 23.4 Å². The number of piperidine rings is 1. The number of fused-ring (bicyclic) bond motifs is 1. The molecule has 37 heavy (non-hydrogen) atoms. The van der Waals surface area contributed by atoms with Gasteiger partial charge in [0.25, 0.3) is 5.91 Å². The number of likely N-dealkylation sites (tertiary alicyclic amines) is 1. The van der Waals surface area contributed by atoms with Crippen LogP contribution in [-0.4, -0.2) is 84.2 Å². The largest absolute Gasteiger partial charge is 0.405 e. The molecule has 5 rings (SSSR count). The Morgan fingerprint density at radius 2 is 1.76 bits per heavy atom. The fraction of sp³-hybridized carbons (Fsp3) is 0.625. The van der Waals surface area contributed by atoms with Gasteiger partial charge < -0.3 is 20.0 Å². The normalized spacial score (nSPS) is 27.5. The molecule has 1 aromatic rings. The Labute approximate surface area is 212 Å². The molecule has 3 heterocycles. The first-order chi connectivity index (χ1) is 17.7. The van der Waals surface area contributed by atoms with Crippen LogP contribution in [0.5, 0.6) is 0 Å². The number of nitrogens with one attached hydrogen (secondary N) is 4. The molecule has 4 N–H and O–H groups in total. The molecule has 1 spiro atoms. The van der Waals surface area contributed by atoms with E-state index in [1.54, 1.807) is 0 Å². The number of hydrogen-bond donors (Lipinski definition) is 4. The van der Waals surface area contributed by atoms with E-state index in [1.165, 1.54) is 4.90 Å². The summed E-state index contributed by atoms with van der Waals surface area (Å²) < 4.78 is 37.6. The summed E-state index contributed by atoms with van der Waals surface area (Å²) in [6.07, 6.45) is -1.33. The second-order valence-electron chi connectivity index (χ2n) is 10.3. The molecule has 3 aliphatic heterocycles. The van der Waals surface area contributed by atoms with Crippen LogP contribution in [0.25, 0.3) is 0 Å². The standard InChI is InChI=1S/C24H32F3N7O3/c25-24(26,27)14-28-20(35)13-33-15-34(17-4-2-1-3-5-17)23(22(33)37)8-10-32(11-9-23)21(36)16-6-7-18-19(12-16)30-31-29-18/h1-5,16,18-19,29-31H,6-15H2,(H,28,35). The third-order valence-corrected chi connectivity index (χ3v) is 8.02. The van der Waals surface area contributed by atoms with Gasteiger partial charge in [0.05, 0.1) is 6.67 Å². The number of anilines is 1. The summed E-state index contributed by atoms with van der Waals surface area (Å²) in [5, 5.41) is 1.85. The molecule has 13 heteroatoms. The van der Waals surface area contributed by atoms with Crippen molar-refractivity contribution in [2.75, 3.05) is 37.7 Å². The lowest BCUT2D eigenvalue weighted by Crippen LogP contribution is -2.58. The highest BCUT2D eigenvalue weighted by Gasteiger charge is 2.54. The van der Waals surface area contributed by atoms with E-state index in [2.05, 4.69) is 16.4 Å². The number of alkyl halides is 3. The zero-order chi connectivity index (χ0) is 26.2. The van der Waals surface area contributed by atoms with Crippen molar-refractivity contribution in [3.05, 3.63) is 30.3 Å². The molecule has 202 valence electrons. The average molecular weight is 524 g/mol. The van der Waals surface area contributed by atoms with Gasteiger partial charge in [-0.25, -0.2) is 10.9 Å². The van der Waals surface area contributed by atoms with Gasteiger partial charge in [-0.1, -0.05) is 18.2 Å². The van der Waals surface area contributed by atoms with E-state index in [-0.39, 0.29) is 30.4 Å². The van der Waals surface area contributed by atoms with Gasteiger partial charge in [0.1, 0.15) is 18.6 Å². The summed E-state index contributed by atoms with van der Waals surface area (Å²) in [6, 6.07) is 9.80. The number of carbonyl (C=O) groups excluding carboxylic acids is 3. The Hall–Kier alpha value is -2.90. The van der Waals surface area contributed by atoms with Crippen LogP contribution >= 0.6 is 0 Å². The number of hydrogen-bond acceptors (Lipinski definition) is 7. The maximum absolute atomic E-state index is 13.7. The number of rotatable bonds is 5. The molecular formula is C24H32F3N7O3. The molecule has 3 saturated heterocycles. The van der Waals surface area contributed by atoms with Gasteiger partial charge in [0.15, 0.2) is 0 Å². The van der Waals surface area contributed by atoms with Crippen LogP contribution in [0.1, 0.15) is 32.1 Å². The van der Waals surface area contributed by atoms with E-state index >= 15 is 0 Å². The topological polar surface area (TPSA) is 109 Å². The van der Waals surface area contributed by atoms with E-state index in [0.717, 1.165) is 24.9 Å². The second-order valence-corrected chi connectivity index (χ2v) is 10.3. The highest BCUT2D eigenvalue weighted by atomic mass is 19.4. The summed E-state index contributed by atoms with van der Waals surface area (Å²) in [6.45, 7) is -1.01. The molecule has 1 aliphatic carbocycles. The molecule has 4 fully saturated rings. The van der Waals surface area contributed by atoms with Crippen LogP contribution in [0.4, 0.5) is 18.9 Å². The van der Waals surface area contributed by atoms with Gasteiger partial charge in [-0.3, -0.25) is 14.4 Å². The highest BCUT2D eigenvalue weighted by molar-refractivity contribution is 5.96. The summed E-state index contributed by atoms with van der Waals surface area (Å²) >= 11 is 0. The summed E-state index contributed by atoms with van der Waals surface area (Å²) in [4.78, 5) is 44.3. The minimum atomic E-state index is -4.53. The van der Waals surface area contributed by atoms with Crippen LogP contribution in [0.2, 0.25) is 0 Å². The Bertz CT molecular complexity index is 1020. The molecule has 4 aliphatic rings. The fourth-order valence-corrected chi connectivity index (χ4v) is 6.06. The minimum absolute atomic E-state index is 0.0807. The lowest BCUT2D eigenvalue weighted by Gasteiger charge is -2.44. The Balaban J connectivity index is 1.27. The molecule has 3 amide bonds. The quantitative estimate of drug-likeness (QED) is 0.445. The van der Waals surface area contributed by atoms with E-state index in [4.69, 9.17) is 0 Å². The number of halogens is 3. The van der Waals surface area contributed by atoms with Crippen molar-refractivity contribution in [2.45, 2.75) is 55.9 Å².